The fourth-order valence-electron chi connectivity index (χ4n) is 2.94. The number of nitrogens with zero attached hydrogens (tertiary/aromatic N) is 3. The standard InChI is InChI=1S/C19H27N5O/c1-3-20-18(22-14-19(25)10-7-11-19)24(2)13-17-21-12-16(23-17)15-8-5-4-6-9-15/h4-6,8-9,12,25H,3,7,10-11,13-14H2,1-2H3,(H,20,22)(H,21,23). The largest absolute Gasteiger partial charge is 0.388 e. The quantitative estimate of drug-likeness (QED) is 0.557. The molecule has 1 heterocycles. The van der Waals surface area contributed by atoms with Crippen LogP contribution in [0.2, 0.25) is 0 Å². The summed E-state index contributed by atoms with van der Waals surface area (Å²) in [5, 5.41) is 13.5. The highest BCUT2D eigenvalue weighted by Crippen LogP contribution is 2.31. The monoisotopic (exact) mass is 341 g/mol. The summed E-state index contributed by atoms with van der Waals surface area (Å²) in [6, 6.07) is 10.2. The molecule has 1 aromatic carbocycles. The molecule has 0 amide bonds. The summed E-state index contributed by atoms with van der Waals surface area (Å²) in [5.74, 6) is 1.68. The zero-order valence-electron chi connectivity index (χ0n) is 15.0. The third-order valence-corrected chi connectivity index (χ3v) is 4.60. The molecule has 6 heteroatoms. The molecule has 0 saturated heterocycles. The second-order valence-corrected chi connectivity index (χ2v) is 6.71. The van der Waals surface area contributed by atoms with Gasteiger partial charge < -0.3 is 20.3 Å². The topological polar surface area (TPSA) is 76.5 Å². The summed E-state index contributed by atoms with van der Waals surface area (Å²) in [7, 11) is 1.98. The van der Waals surface area contributed by atoms with Crippen LogP contribution in [0.3, 0.4) is 0 Å². The van der Waals surface area contributed by atoms with Crippen molar-refractivity contribution in [3.05, 3.63) is 42.4 Å². The van der Waals surface area contributed by atoms with Crippen LogP contribution in [0.25, 0.3) is 11.3 Å². The van der Waals surface area contributed by atoms with Crippen molar-refractivity contribution in [2.24, 2.45) is 4.99 Å². The third kappa shape index (κ3) is 4.39. The number of benzene rings is 1. The number of guanidine groups is 1. The lowest BCUT2D eigenvalue weighted by atomic mass is 9.80. The van der Waals surface area contributed by atoms with Gasteiger partial charge in [-0.2, -0.15) is 0 Å². The zero-order chi connectivity index (χ0) is 17.7. The molecule has 134 valence electrons. The number of aliphatic hydroxyl groups is 1. The van der Waals surface area contributed by atoms with Crippen molar-refractivity contribution in [1.29, 1.82) is 0 Å². The maximum absolute atomic E-state index is 10.3. The Morgan fingerprint density at radius 1 is 1.36 bits per heavy atom. The molecule has 0 spiro atoms. The SMILES string of the molecule is CCNC(=NCC1(O)CCC1)N(C)Cc1ncc(-c2ccccc2)[nH]1. The lowest BCUT2D eigenvalue weighted by Gasteiger charge is -2.35. The number of H-pyrrole nitrogens is 1. The average Bonchev–Trinajstić information content (AvgIpc) is 3.06. The number of aromatic amines is 1. The summed E-state index contributed by atoms with van der Waals surface area (Å²) in [6.45, 7) is 3.90. The number of aliphatic imine (C=N–C) groups is 1. The molecule has 1 aliphatic carbocycles. The highest BCUT2D eigenvalue weighted by molar-refractivity contribution is 5.79. The molecule has 1 aromatic heterocycles. The molecular formula is C19H27N5O. The second-order valence-electron chi connectivity index (χ2n) is 6.71. The summed E-state index contributed by atoms with van der Waals surface area (Å²) in [6.07, 6.45) is 4.64. The van der Waals surface area contributed by atoms with Gasteiger partial charge in [0.1, 0.15) is 5.82 Å². The van der Waals surface area contributed by atoms with Crippen molar-refractivity contribution in [2.45, 2.75) is 38.3 Å². The maximum atomic E-state index is 10.3. The van der Waals surface area contributed by atoms with Crippen molar-refractivity contribution in [2.75, 3.05) is 20.1 Å². The molecule has 0 atom stereocenters. The first-order valence-electron chi connectivity index (χ1n) is 8.91. The van der Waals surface area contributed by atoms with Gasteiger partial charge in [-0.3, -0.25) is 4.99 Å². The summed E-state index contributed by atoms with van der Waals surface area (Å²) in [5.41, 5.74) is 1.53. The van der Waals surface area contributed by atoms with Gasteiger partial charge in [0, 0.05) is 13.6 Å². The first-order chi connectivity index (χ1) is 12.1. The molecule has 0 bridgehead atoms. The van der Waals surface area contributed by atoms with Crippen molar-refractivity contribution in [3.8, 4) is 11.3 Å². The van der Waals surface area contributed by atoms with Crippen molar-refractivity contribution < 1.29 is 5.11 Å². The van der Waals surface area contributed by atoms with Crippen molar-refractivity contribution >= 4 is 5.96 Å². The fraction of sp³-hybridized carbons (Fsp3) is 0.474. The molecule has 0 radical (unpaired) electrons. The first-order valence-corrected chi connectivity index (χ1v) is 8.91. The lowest BCUT2D eigenvalue weighted by molar-refractivity contribution is -0.0237. The van der Waals surface area contributed by atoms with E-state index in [0.29, 0.717) is 13.1 Å². The normalized spacial score (nSPS) is 16.4. The van der Waals surface area contributed by atoms with Gasteiger partial charge in [-0.25, -0.2) is 4.98 Å². The van der Waals surface area contributed by atoms with E-state index >= 15 is 0 Å². The van der Waals surface area contributed by atoms with E-state index in [0.717, 1.165) is 48.8 Å². The van der Waals surface area contributed by atoms with Gasteiger partial charge in [-0.05, 0) is 31.7 Å². The summed E-state index contributed by atoms with van der Waals surface area (Å²) >= 11 is 0. The van der Waals surface area contributed by atoms with Crippen LogP contribution < -0.4 is 5.32 Å². The zero-order valence-corrected chi connectivity index (χ0v) is 15.0. The van der Waals surface area contributed by atoms with E-state index in [-0.39, 0.29) is 0 Å². The Hall–Kier alpha value is -2.34. The number of rotatable bonds is 6. The average molecular weight is 341 g/mol. The van der Waals surface area contributed by atoms with Crippen LogP contribution in [0.15, 0.2) is 41.5 Å². The van der Waals surface area contributed by atoms with E-state index in [1.54, 1.807) is 0 Å². The van der Waals surface area contributed by atoms with E-state index in [9.17, 15) is 5.11 Å². The fourth-order valence-corrected chi connectivity index (χ4v) is 2.94. The maximum Gasteiger partial charge on any atom is 0.194 e. The molecule has 0 aliphatic heterocycles. The van der Waals surface area contributed by atoms with Crippen LogP contribution >= 0.6 is 0 Å². The minimum atomic E-state index is -0.604. The molecule has 1 saturated carbocycles. The number of hydrogen-bond acceptors (Lipinski definition) is 3. The number of nitrogens with one attached hydrogen (secondary N) is 2. The van der Waals surface area contributed by atoms with E-state index in [1.165, 1.54) is 0 Å². The van der Waals surface area contributed by atoms with E-state index in [4.69, 9.17) is 0 Å². The number of imidazole rings is 1. The minimum absolute atomic E-state index is 0.451. The van der Waals surface area contributed by atoms with Gasteiger partial charge in [-0.1, -0.05) is 30.3 Å². The molecule has 6 nitrogen and oxygen atoms in total. The molecular weight excluding hydrogens is 314 g/mol. The van der Waals surface area contributed by atoms with Crippen LogP contribution in [0.4, 0.5) is 0 Å². The van der Waals surface area contributed by atoms with Crippen molar-refractivity contribution in [3.63, 3.8) is 0 Å². The first kappa shape index (κ1) is 17.5. The molecule has 2 aromatic rings. The number of hydrogen-bond donors (Lipinski definition) is 3. The van der Waals surface area contributed by atoms with Crippen LogP contribution in [0.1, 0.15) is 32.0 Å². The minimum Gasteiger partial charge on any atom is -0.388 e. The molecule has 0 unspecified atom stereocenters. The smallest absolute Gasteiger partial charge is 0.194 e. The molecule has 1 aliphatic rings. The Balaban J connectivity index is 1.65. The van der Waals surface area contributed by atoms with Gasteiger partial charge in [0.2, 0.25) is 0 Å². The van der Waals surface area contributed by atoms with E-state index in [2.05, 4.69) is 32.4 Å². The Morgan fingerprint density at radius 2 is 2.12 bits per heavy atom. The molecule has 25 heavy (non-hydrogen) atoms. The third-order valence-electron chi connectivity index (χ3n) is 4.60. The highest BCUT2D eigenvalue weighted by atomic mass is 16.3. The predicted octanol–water partition coefficient (Wildman–Crippen LogP) is 2.39. The van der Waals surface area contributed by atoms with Crippen LogP contribution in [-0.2, 0) is 6.54 Å². The van der Waals surface area contributed by atoms with Crippen LogP contribution in [-0.4, -0.2) is 51.7 Å². The summed E-state index contributed by atoms with van der Waals surface area (Å²) in [4.78, 5) is 14.5. The Kier molecular flexibility index (Phi) is 5.38. The predicted molar refractivity (Wildman–Crippen MR) is 100 cm³/mol. The van der Waals surface area contributed by atoms with Crippen molar-refractivity contribution in [1.82, 2.24) is 20.2 Å². The second kappa shape index (κ2) is 7.70. The highest BCUT2D eigenvalue weighted by Gasteiger charge is 2.34. The van der Waals surface area contributed by atoms with E-state index < -0.39 is 5.60 Å². The van der Waals surface area contributed by atoms with Gasteiger partial charge in [0.15, 0.2) is 5.96 Å². The van der Waals surface area contributed by atoms with Gasteiger partial charge in [0.25, 0.3) is 0 Å². The lowest BCUT2D eigenvalue weighted by Crippen LogP contribution is -2.43. The summed E-state index contributed by atoms with van der Waals surface area (Å²) < 4.78 is 0. The van der Waals surface area contributed by atoms with Gasteiger partial charge in [-0.15, -0.1) is 0 Å². The molecule has 3 N–H and O–H groups in total. The number of aromatic nitrogens is 2. The Bertz CT molecular complexity index is 706. The Labute approximate surface area is 149 Å². The molecule has 1 fully saturated rings. The van der Waals surface area contributed by atoms with Crippen LogP contribution in [0, 0.1) is 0 Å². The van der Waals surface area contributed by atoms with Gasteiger partial charge >= 0.3 is 0 Å². The van der Waals surface area contributed by atoms with E-state index in [1.807, 2.05) is 43.3 Å². The van der Waals surface area contributed by atoms with Gasteiger partial charge in [0.05, 0.1) is 30.6 Å². The van der Waals surface area contributed by atoms with Crippen LogP contribution in [0.5, 0.6) is 0 Å². The Morgan fingerprint density at radius 3 is 2.76 bits per heavy atom. The molecule has 3 rings (SSSR count).